The molecular weight excluding hydrogens is 380 g/mol. The van der Waals surface area contributed by atoms with Gasteiger partial charge < -0.3 is 14.6 Å². The third-order valence-electron chi connectivity index (χ3n) is 8.01. The van der Waals surface area contributed by atoms with Gasteiger partial charge in [0.15, 0.2) is 0 Å². The highest BCUT2D eigenvalue weighted by Gasteiger charge is 2.62. The first-order chi connectivity index (χ1) is 14.1. The minimum absolute atomic E-state index is 0.225. The second kappa shape index (κ2) is 7.13. The van der Waals surface area contributed by atoms with Crippen LogP contribution in [0.5, 0.6) is 11.5 Å². The largest absolute Gasteiger partial charge is 0.427 e. The number of ether oxygens (including phenoxy) is 2. The number of benzene rings is 1. The summed E-state index contributed by atoms with van der Waals surface area (Å²) >= 11 is 0. The fourth-order valence-electron chi connectivity index (χ4n) is 6.77. The van der Waals surface area contributed by atoms with Crippen molar-refractivity contribution in [3.05, 3.63) is 23.3 Å². The van der Waals surface area contributed by atoms with Crippen LogP contribution in [0.3, 0.4) is 0 Å². The maximum atomic E-state index is 11.8. The van der Waals surface area contributed by atoms with Crippen molar-refractivity contribution in [2.45, 2.75) is 71.3 Å². The Bertz CT molecular complexity index is 944. The van der Waals surface area contributed by atoms with Gasteiger partial charge in [0.05, 0.1) is 0 Å². The summed E-state index contributed by atoms with van der Waals surface area (Å²) in [6, 6.07) is 3.57. The molecule has 2 fully saturated rings. The molecule has 1 aromatic carbocycles. The average molecular weight is 411 g/mol. The van der Waals surface area contributed by atoms with E-state index in [0.717, 1.165) is 36.8 Å². The van der Waals surface area contributed by atoms with Crippen LogP contribution in [-0.4, -0.2) is 22.6 Å². The summed E-state index contributed by atoms with van der Waals surface area (Å²) in [4.78, 5) is 23.3. The maximum Gasteiger partial charge on any atom is 0.308 e. The minimum Gasteiger partial charge on any atom is -0.427 e. The summed E-state index contributed by atoms with van der Waals surface area (Å²) in [7, 11) is 0. The lowest BCUT2D eigenvalue weighted by Gasteiger charge is -2.54. The van der Waals surface area contributed by atoms with Gasteiger partial charge in [-0.15, -0.1) is 6.42 Å². The zero-order chi connectivity index (χ0) is 21.8. The molecule has 2 saturated carbocycles. The Kier molecular flexibility index (Phi) is 4.97. The van der Waals surface area contributed by atoms with Gasteiger partial charge in [-0.05, 0) is 67.4 Å². The van der Waals surface area contributed by atoms with Crippen LogP contribution in [0.25, 0.3) is 0 Å². The molecule has 0 aliphatic heterocycles. The van der Waals surface area contributed by atoms with Gasteiger partial charge in [-0.2, -0.15) is 0 Å². The number of carbonyl (C=O) groups is 2. The number of fused-ring (bicyclic) bond motifs is 5. The lowest BCUT2D eigenvalue weighted by atomic mass is 9.51. The quantitative estimate of drug-likeness (QED) is 0.453. The summed E-state index contributed by atoms with van der Waals surface area (Å²) in [5.74, 6) is 4.09. The standard InChI is InChI=1S/C25H30O5/c1-6-25(28)10-8-20-22-14(2)11-17-12-18(29-15(3)26)13-21(30-16(4)27)23(17)19(22)7-9-24(20,25)5/h1,12-14,19-20,22,28H,7-11H2,2-5H3/t14-,19+,20+,22-,24+,25+/m1/s1. The fraction of sp³-hybridized carbons (Fsp3) is 0.600. The van der Waals surface area contributed by atoms with Crippen LogP contribution in [0.2, 0.25) is 0 Å². The van der Waals surface area contributed by atoms with Crippen LogP contribution in [0.4, 0.5) is 0 Å². The third kappa shape index (κ3) is 3.04. The summed E-state index contributed by atoms with van der Waals surface area (Å²) in [6.45, 7) is 7.15. The first-order valence-corrected chi connectivity index (χ1v) is 10.8. The molecule has 0 amide bonds. The maximum absolute atomic E-state index is 11.8. The molecule has 160 valence electrons. The number of terminal acetylenes is 1. The highest BCUT2D eigenvalue weighted by Crippen LogP contribution is 2.66. The normalized spacial score (nSPS) is 36.7. The number of esters is 2. The van der Waals surface area contributed by atoms with Gasteiger partial charge in [0, 0.05) is 30.9 Å². The SMILES string of the molecule is C#C[C@]1(O)CC[C@H]2[C@@H]3[C@H](C)Cc4cc(OC(C)=O)cc(OC(C)=O)c4[C@H]3CC[C@@]21C. The van der Waals surface area contributed by atoms with Crippen molar-refractivity contribution in [1.29, 1.82) is 0 Å². The van der Waals surface area contributed by atoms with E-state index < -0.39 is 17.5 Å². The first-order valence-electron chi connectivity index (χ1n) is 10.8. The predicted molar refractivity (Wildman–Crippen MR) is 112 cm³/mol. The number of hydrogen-bond donors (Lipinski definition) is 1. The predicted octanol–water partition coefficient (Wildman–Crippen LogP) is 4.00. The zero-order valence-corrected chi connectivity index (χ0v) is 18.2. The highest BCUT2D eigenvalue weighted by molar-refractivity contribution is 5.72. The van der Waals surface area contributed by atoms with E-state index in [1.807, 2.05) is 6.07 Å². The Morgan fingerprint density at radius 2 is 1.87 bits per heavy atom. The number of hydrogen-bond acceptors (Lipinski definition) is 5. The van der Waals surface area contributed by atoms with E-state index in [1.165, 1.54) is 13.8 Å². The van der Waals surface area contributed by atoms with E-state index in [-0.39, 0.29) is 11.3 Å². The van der Waals surface area contributed by atoms with Crippen molar-refractivity contribution in [2.24, 2.45) is 23.2 Å². The molecular formula is C25H30O5. The van der Waals surface area contributed by atoms with Crippen LogP contribution in [-0.2, 0) is 16.0 Å². The molecule has 0 bridgehead atoms. The van der Waals surface area contributed by atoms with Crippen molar-refractivity contribution in [3.8, 4) is 23.8 Å². The Labute approximate surface area is 178 Å². The zero-order valence-electron chi connectivity index (χ0n) is 18.2. The van der Waals surface area contributed by atoms with E-state index in [0.29, 0.717) is 35.7 Å². The average Bonchev–Trinajstić information content (AvgIpc) is 2.92. The van der Waals surface area contributed by atoms with Crippen LogP contribution < -0.4 is 9.47 Å². The van der Waals surface area contributed by atoms with Crippen molar-refractivity contribution < 1.29 is 24.2 Å². The van der Waals surface area contributed by atoms with Gasteiger partial charge in [-0.3, -0.25) is 9.59 Å². The van der Waals surface area contributed by atoms with Gasteiger partial charge >= 0.3 is 11.9 Å². The monoisotopic (exact) mass is 410 g/mol. The summed E-state index contributed by atoms with van der Waals surface area (Å²) in [5.41, 5.74) is 0.782. The number of rotatable bonds is 2. The van der Waals surface area contributed by atoms with Gasteiger partial charge in [0.1, 0.15) is 17.1 Å². The summed E-state index contributed by atoms with van der Waals surface area (Å²) < 4.78 is 10.9. The molecule has 0 radical (unpaired) electrons. The molecule has 5 nitrogen and oxygen atoms in total. The molecule has 30 heavy (non-hydrogen) atoms. The van der Waals surface area contributed by atoms with E-state index in [9.17, 15) is 14.7 Å². The van der Waals surface area contributed by atoms with Gasteiger partial charge in [-0.1, -0.05) is 19.8 Å². The van der Waals surface area contributed by atoms with Crippen LogP contribution in [0, 0.1) is 35.5 Å². The number of carbonyl (C=O) groups excluding carboxylic acids is 2. The molecule has 3 aliphatic carbocycles. The van der Waals surface area contributed by atoms with E-state index in [4.69, 9.17) is 15.9 Å². The van der Waals surface area contributed by atoms with Gasteiger partial charge in [-0.25, -0.2) is 0 Å². The first kappa shape index (κ1) is 20.9. The summed E-state index contributed by atoms with van der Waals surface area (Å²) in [5, 5.41) is 11.2. The molecule has 6 atom stereocenters. The molecule has 4 rings (SSSR count). The van der Waals surface area contributed by atoms with Crippen LogP contribution >= 0.6 is 0 Å². The highest BCUT2D eigenvalue weighted by atomic mass is 16.5. The van der Waals surface area contributed by atoms with Gasteiger partial charge in [0.2, 0.25) is 0 Å². The molecule has 0 spiro atoms. The van der Waals surface area contributed by atoms with Gasteiger partial charge in [0.25, 0.3) is 0 Å². The Morgan fingerprint density at radius 3 is 2.50 bits per heavy atom. The van der Waals surface area contributed by atoms with Crippen molar-refractivity contribution in [1.82, 2.24) is 0 Å². The molecule has 1 aromatic rings. The van der Waals surface area contributed by atoms with Crippen molar-refractivity contribution in [3.63, 3.8) is 0 Å². The summed E-state index contributed by atoms with van der Waals surface area (Å²) in [6.07, 6.45) is 9.83. The lowest BCUT2D eigenvalue weighted by Crippen LogP contribution is -2.51. The molecule has 3 aliphatic rings. The second-order valence-electron chi connectivity index (χ2n) is 9.65. The number of aliphatic hydroxyl groups is 1. The van der Waals surface area contributed by atoms with Crippen molar-refractivity contribution in [2.75, 3.05) is 0 Å². The molecule has 0 saturated heterocycles. The lowest BCUT2D eigenvalue weighted by molar-refractivity contribution is -0.132. The molecule has 5 heteroatoms. The molecule has 0 unspecified atom stereocenters. The molecule has 1 N–H and O–H groups in total. The second-order valence-corrected chi connectivity index (χ2v) is 9.65. The fourth-order valence-corrected chi connectivity index (χ4v) is 6.77. The molecule has 0 aromatic heterocycles. The Morgan fingerprint density at radius 1 is 1.17 bits per heavy atom. The topological polar surface area (TPSA) is 72.8 Å². The Balaban J connectivity index is 1.80. The third-order valence-corrected chi connectivity index (χ3v) is 8.01. The Hall–Kier alpha value is -2.32. The molecule has 0 heterocycles. The van der Waals surface area contributed by atoms with Crippen LogP contribution in [0.15, 0.2) is 12.1 Å². The van der Waals surface area contributed by atoms with E-state index >= 15 is 0 Å². The minimum atomic E-state index is -1.06. The van der Waals surface area contributed by atoms with E-state index in [2.05, 4.69) is 19.8 Å². The smallest absolute Gasteiger partial charge is 0.308 e. The van der Waals surface area contributed by atoms with E-state index in [1.54, 1.807) is 6.07 Å². The van der Waals surface area contributed by atoms with Crippen molar-refractivity contribution >= 4 is 11.9 Å². The van der Waals surface area contributed by atoms with Crippen LogP contribution in [0.1, 0.15) is 70.4 Å².